The maximum absolute atomic E-state index is 12.0. The molecule has 116 valence electrons. The van der Waals surface area contributed by atoms with Crippen LogP contribution in [-0.4, -0.2) is 45.2 Å². The zero-order chi connectivity index (χ0) is 15.2. The Morgan fingerprint density at radius 3 is 2.71 bits per heavy atom. The second-order valence-corrected chi connectivity index (χ2v) is 5.26. The number of rotatable bonds is 5. The van der Waals surface area contributed by atoms with Crippen molar-refractivity contribution < 1.29 is 19.2 Å². The lowest BCUT2D eigenvalue weighted by molar-refractivity contribution is -0.137. The molecule has 1 aliphatic heterocycles. The topological polar surface area (TPSA) is 109 Å². The summed E-state index contributed by atoms with van der Waals surface area (Å²) in [5, 5.41) is 15.1. The van der Waals surface area contributed by atoms with E-state index in [2.05, 4.69) is 15.5 Å². The van der Waals surface area contributed by atoms with E-state index in [-0.39, 0.29) is 19.0 Å². The van der Waals surface area contributed by atoms with Crippen molar-refractivity contribution in [3.63, 3.8) is 0 Å². The second-order valence-electron chi connectivity index (χ2n) is 5.26. The molecular formula is C13H20N4O4. The van der Waals surface area contributed by atoms with Gasteiger partial charge < -0.3 is 19.8 Å². The van der Waals surface area contributed by atoms with E-state index in [4.69, 9.17) is 9.63 Å². The Kier molecular flexibility index (Phi) is 5.13. The summed E-state index contributed by atoms with van der Waals surface area (Å²) in [5.74, 6) is 0.560. The van der Waals surface area contributed by atoms with Crippen LogP contribution in [0.25, 0.3) is 0 Å². The van der Waals surface area contributed by atoms with Crippen molar-refractivity contribution in [2.45, 2.75) is 39.2 Å². The van der Waals surface area contributed by atoms with Crippen molar-refractivity contribution in [3.8, 4) is 0 Å². The van der Waals surface area contributed by atoms with Crippen LogP contribution in [0.3, 0.4) is 0 Å². The van der Waals surface area contributed by atoms with Crippen LogP contribution in [0.4, 0.5) is 4.79 Å². The van der Waals surface area contributed by atoms with Crippen LogP contribution in [0, 0.1) is 12.8 Å². The number of nitrogens with one attached hydrogen (secondary N) is 1. The van der Waals surface area contributed by atoms with Gasteiger partial charge >= 0.3 is 12.0 Å². The average molecular weight is 296 g/mol. The molecule has 1 aromatic rings. The predicted octanol–water partition coefficient (Wildman–Crippen LogP) is 1.16. The maximum atomic E-state index is 12.0. The van der Waals surface area contributed by atoms with Gasteiger partial charge in [-0.2, -0.15) is 4.98 Å². The first-order valence-corrected chi connectivity index (χ1v) is 7.08. The van der Waals surface area contributed by atoms with Gasteiger partial charge in [-0.05, 0) is 32.1 Å². The van der Waals surface area contributed by atoms with E-state index in [1.54, 1.807) is 11.8 Å². The van der Waals surface area contributed by atoms with Crippen LogP contribution in [0.1, 0.15) is 37.4 Å². The van der Waals surface area contributed by atoms with Crippen molar-refractivity contribution in [1.82, 2.24) is 20.4 Å². The number of carbonyl (C=O) groups is 2. The SMILES string of the molecule is Cc1noc(CNC(=O)N2CCC(CCC(=O)O)CC2)n1. The Balaban J connectivity index is 1.69. The molecule has 0 bridgehead atoms. The number of likely N-dealkylation sites (tertiary alicyclic amines) is 1. The van der Waals surface area contributed by atoms with Crippen LogP contribution >= 0.6 is 0 Å². The number of aliphatic carboxylic acids is 1. The molecule has 2 heterocycles. The third-order valence-electron chi connectivity index (χ3n) is 3.63. The number of carboxylic acid groups (broad SMARTS) is 1. The number of hydrogen-bond donors (Lipinski definition) is 2. The number of carboxylic acids is 1. The molecule has 1 aromatic heterocycles. The van der Waals surface area contributed by atoms with Crippen LogP contribution in [0.15, 0.2) is 4.52 Å². The molecule has 0 atom stereocenters. The number of hydrogen-bond acceptors (Lipinski definition) is 5. The average Bonchev–Trinajstić information content (AvgIpc) is 2.89. The molecule has 0 spiro atoms. The molecule has 0 saturated carbocycles. The van der Waals surface area contributed by atoms with E-state index in [1.807, 2.05) is 0 Å². The summed E-state index contributed by atoms with van der Waals surface area (Å²) in [6.45, 7) is 3.24. The molecule has 0 unspecified atom stereocenters. The van der Waals surface area contributed by atoms with E-state index in [9.17, 15) is 9.59 Å². The molecule has 2 amide bonds. The lowest BCUT2D eigenvalue weighted by Crippen LogP contribution is -2.44. The summed E-state index contributed by atoms with van der Waals surface area (Å²) in [4.78, 5) is 28.3. The minimum atomic E-state index is -0.759. The first-order valence-electron chi connectivity index (χ1n) is 7.08. The fourth-order valence-corrected chi connectivity index (χ4v) is 2.43. The van der Waals surface area contributed by atoms with Crippen molar-refractivity contribution in [2.75, 3.05) is 13.1 Å². The van der Waals surface area contributed by atoms with Gasteiger partial charge in [0.25, 0.3) is 0 Å². The standard InChI is InChI=1S/C13H20N4O4/c1-9-15-11(21-16-9)8-14-13(20)17-6-4-10(5-7-17)2-3-12(18)19/h10H,2-8H2,1H3,(H,14,20)(H,18,19). The second kappa shape index (κ2) is 7.05. The number of carbonyl (C=O) groups excluding carboxylic acids is 1. The molecule has 21 heavy (non-hydrogen) atoms. The normalized spacial score (nSPS) is 16.0. The largest absolute Gasteiger partial charge is 0.481 e. The highest BCUT2D eigenvalue weighted by molar-refractivity contribution is 5.74. The maximum Gasteiger partial charge on any atom is 0.317 e. The first kappa shape index (κ1) is 15.3. The Bertz CT molecular complexity index is 494. The van der Waals surface area contributed by atoms with Crippen molar-refractivity contribution >= 4 is 12.0 Å². The first-order chi connectivity index (χ1) is 10.0. The van der Waals surface area contributed by atoms with Crippen molar-refractivity contribution in [3.05, 3.63) is 11.7 Å². The summed E-state index contributed by atoms with van der Waals surface area (Å²) in [6.07, 6.45) is 2.58. The van der Waals surface area contributed by atoms with Gasteiger partial charge in [-0.15, -0.1) is 0 Å². The highest BCUT2D eigenvalue weighted by atomic mass is 16.5. The Hall–Kier alpha value is -2.12. The highest BCUT2D eigenvalue weighted by Gasteiger charge is 2.23. The summed E-state index contributed by atoms with van der Waals surface area (Å²) in [5.41, 5.74) is 0. The van der Waals surface area contributed by atoms with Crippen LogP contribution in [0.2, 0.25) is 0 Å². The van der Waals surface area contributed by atoms with Crippen LogP contribution in [-0.2, 0) is 11.3 Å². The van der Waals surface area contributed by atoms with Gasteiger partial charge in [0.2, 0.25) is 5.89 Å². The number of aryl methyl sites for hydroxylation is 1. The van der Waals surface area contributed by atoms with Crippen molar-refractivity contribution in [1.29, 1.82) is 0 Å². The van der Waals surface area contributed by atoms with Gasteiger partial charge in [-0.1, -0.05) is 5.16 Å². The monoisotopic (exact) mass is 296 g/mol. The van der Waals surface area contributed by atoms with E-state index in [0.29, 0.717) is 37.1 Å². The van der Waals surface area contributed by atoms with Crippen LogP contribution < -0.4 is 5.32 Å². The summed E-state index contributed by atoms with van der Waals surface area (Å²) >= 11 is 0. The van der Waals surface area contributed by atoms with E-state index >= 15 is 0 Å². The highest BCUT2D eigenvalue weighted by Crippen LogP contribution is 2.21. The van der Waals surface area contributed by atoms with E-state index in [0.717, 1.165) is 12.8 Å². The molecule has 1 fully saturated rings. The smallest absolute Gasteiger partial charge is 0.317 e. The third kappa shape index (κ3) is 4.73. The van der Waals surface area contributed by atoms with Gasteiger partial charge in [0.05, 0.1) is 6.54 Å². The minimum absolute atomic E-state index is 0.150. The quantitative estimate of drug-likeness (QED) is 0.844. The molecule has 8 heteroatoms. The minimum Gasteiger partial charge on any atom is -0.481 e. The Morgan fingerprint density at radius 2 is 2.14 bits per heavy atom. The third-order valence-corrected chi connectivity index (χ3v) is 3.63. The molecule has 1 aliphatic rings. The summed E-state index contributed by atoms with van der Waals surface area (Å²) < 4.78 is 4.92. The number of urea groups is 1. The van der Waals surface area contributed by atoms with E-state index in [1.165, 1.54) is 0 Å². The van der Waals surface area contributed by atoms with Gasteiger partial charge in [0, 0.05) is 19.5 Å². The summed E-state index contributed by atoms with van der Waals surface area (Å²) in [6, 6.07) is -0.150. The molecule has 0 aromatic carbocycles. The van der Waals surface area contributed by atoms with Crippen LogP contribution in [0.5, 0.6) is 0 Å². The van der Waals surface area contributed by atoms with Gasteiger partial charge in [0.15, 0.2) is 5.82 Å². The zero-order valence-electron chi connectivity index (χ0n) is 12.0. The molecule has 0 radical (unpaired) electrons. The lowest BCUT2D eigenvalue weighted by Gasteiger charge is -2.31. The van der Waals surface area contributed by atoms with Crippen molar-refractivity contribution in [2.24, 2.45) is 5.92 Å². The molecule has 0 aliphatic carbocycles. The Labute approximate surface area is 122 Å². The van der Waals surface area contributed by atoms with Gasteiger partial charge in [-0.3, -0.25) is 4.79 Å². The fraction of sp³-hybridized carbons (Fsp3) is 0.692. The summed E-state index contributed by atoms with van der Waals surface area (Å²) in [7, 11) is 0. The number of amides is 2. The molecule has 2 rings (SSSR count). The van der Waals surface area contributed by atoms with Gasteiger partial charge in [-0.25, -0.2) is 4.79 Å². The fourth-order valence-electron chi connectivity index (χ4n) is 2.43. The Morgan fingerprint density at radius 1 is 1.43 bits per heavy atom. The van der Waals surface area contributed by atoms with Gasteiger partial charge in [0.1, 0.15) is 0 Å². The number of nitrogens with zero attached hydrogens (tertiary/aromatic N) is 3. The molecule has 2 N–H and O–H groups in total. The molecule has 1 saturated heterocycles. The predicted molar refractivity (Wildman–Crippen MR) is 72.4 cm³/mol. The zero-order valence-corrected chi connectivity index (χ0v) is 12.0. The number of aromatic nitrogens is 2. The van der Waals surface area contributed by atoms with E-state index < -0.39 is 5.97 Å². The molecule has 8 nitrogen and oxygen atoms in total. The number of piperidine rings is 1. The molecular weight excluding hydrogens is 276 g/mol. The lowest BCUT2D eigenvalue weighted by atomic mass is 9.92.